The smallest absolute Gasteiger partial charge is 0.335 e. The van der Waals surface area contributed by atoms with E-state index in [2.05, 4.69) is 4.90 Å². The van der Waals surface area contributed by atoms with Gasteiger partial charge in [0.05, 0.1) is 11.7 Å². The van der Waals surface area contributed by atoms with Crippen molar-refractivity contribution in [3.05, 3.63) is 35.4 Å². The van der Waals surface area contributed by atoms with E-state index in [1.165, 1.54) is 0 Å². The van der Waals surface area contributed by atoms with Gasteiger partial charge in [-0.3, -0.25) is 0 Å². The zero-order chi connectivity index (χ0) is 13.1. The Morgan fingerprint density at radius 1 is 1.50 bits per heavy atom. The highest BCUT2D eigenvalue weighted by Crippen LogP contribution is 2.29. The Morgan fingerprint density at radius 2 is 2.28 bits per heavy atom. The number of piperidine rings is 1. The predicted octanol–water partition coefficient (Wildman–Crippen LogP) is 1.76. The molecule has 4 heteroatoms. The van der Waals surface area contributed by atoms with E-state index in [1.807, 2.05) is 7.05 Å². The molecule has 0 saturated carbocycles. The zero-order valence-electron chi connectivity index (χ0n) is 10.5. The van der Waals surface area contributed by atoms with Crippen LogP contribution < -0.4 is 0 Å². The molecule has 2 rings (SSSR count). The lowest BCUT2D eigenvalue weighted by atomic mass is 9.88. The van der Waals surface area contributed by atoms with Gasteiger partial charge in [-0.1, -0.05) is 12.1 Å². The minimum Gasteiger partial charge on any atom is -0.478 e. The van der Waals surface area contributed by atoms with Crippen LogP contribution in [0.5, 0.6) is 0 Å². The minimum absolute atomic E-state index is 0.188. The summed E-state index contributed by atoms with van der Waals surface area (Å²) in [5.41, 5.74) is 0.936. The second-order valence-electron chi connectivity index (χ2n) is 5.04. The van der Waals surface area contributed by atoms with Crippen molar-refractivity contribution in [2.45, 2.75) is 18.9 Å². The normalized spacial score (nSPS) is 22.7. The maximum atomic E-state index is 10.9. The van der Waals surface area contributed by atoms with E-state index in [9.17, 15) is 9.90 Å². The number of rotatable bonds is 3. The summed E-state index contributed by atoms with van der Waals surface area (Å²) in [5, 5.41) is 19.3. The van der Waals surface area contributed by atoms with Gasteiger partial charge in [-0.05, 0) is 44.1 Å². The van der Waals surface area contributed by atoms with Crippen molar-refractivity contribution >= 4 is 5.97 Å². The molecule has 1 aromatic carbocycles. The second kappa shape index (κ2) is 5.50. The van der Waals surface area contributed by atoms with Crippen LogP contribution in [-0.2, 0) is 0 Å². The Bertz CT molecular complexity index is 433. The fourth-order valence-electron chi connectivity index (χ4n) is 2.59. The highest BCUT2D eigenvalue weighted by Gasteiger charge is 2.25. The Hall–Kier alpha value is -1.39. The summed E-state index contributed by atoms with van der Waals surface area (Å²) in [6, 6.07) is 6.60. The molecule has 2 N–H and O–H groups in total. The molecule has 0 aliphatic carbocycles. The number of nitrogens with zero attached hydrogens (tertiary/aromatic N) is 1. The number of likely N-dealkylation sites (tertiary alicyclic amines) is 1. The summed E-state index contributed by atoms with van der Waals surface area (Å²) in [5.74, 6) is -0.766. The maximum absolute atomic E-state index is 10.9. The van der Waals surface area contributed by atoms with Gasteiger partial charge in [0.1, 0.15) is 0 Å². The molecule has 0 bridgehead atoms. The zero-order valence-corrected chi connectivity index (χ0v) is 10.5. The van der Waals surface area contributed by atoms with Gasteiger partial charge in [0, 0.05) is 12.5 Å². The first kappa shape index (κ1) is 13.1. The van der Waals surface area contributed by atoms with Crippen molar-refractivity contribution in [2.75, 3.05) is 20.1 Å². The summed E-state index contributed by atoms with van der Waals surface area (Å²) in [4.78, 5) is 13.1. The van der Waals surface area contributed by atoms with Gasteiger partial charge in [-0.25, -0.2) is 4.79 Å². The fourth-order valence-corrected chi connectivity index (χ4v) is 2.59. The van der Waals surface area contributed by atoms with Gasteiger partial charge < -0.3 is 15.1 Å². The van der Waals surface area contributed by atoms with Crippen LogP contribution >= 0.6 is 0 Å². The van der Waals surface area contributed by atoms with Crippen molar-refractivity contribution in [3.8, 4) is 0 Å². The van der Waals surface area contributed by atoms with E-state index >= 15 is 0 Å². The molecule has 0 radical (unpaired) electrons. The van der Waals surface area contributed by atoms with Gasteiger partial charge >= 0.3 is 5.97 Å². The Balaban J connectivity index is 2.14. The molecule has 4 nitrogen and oxygen atoms in total. The highest BCUT2D eigenvalue weighted by atomic mass is 16.4. The summed E-state index contributed by atoms with van der Waals surface area (Å²) in [6.07, 6.45) is 1.49. The quantitative estimate of drug-likeness (QED) is 0.857. The Labute approximate surface area is 107 Å². The van der Waals surface area contributed by atoms with E-state index in [0.717, 1.165) is 25.9 Å². The van der Waals surface area contributed by atoms with Crippen LogP contribution in [0.25, 0.3) is 0 Å². The van der Waals surface area contributed by atoms with Crippen molar-refractivity contribution in [1.82, 2.24) is 4.90 Å². The lowest BCUT2D eigenvalue weighted by Gasteiger charge is -2.32. The predicted molar refractivity (Wildman–Crippen MR) is 68.6 cm³/mol. The first-order valence-electron chi connectivity index (χ1n) is 6.28. The maximum Gasteiger partial charge on any atom is 0.335 e. The Kier molecular flexibility index (Phi) is 3.99. The molecule has 2 atom stereocenters. The molecule has 1 aromatic rings. The molecule has 1 heterocycles. The van der Waals surface area contributed by atoms with Crippen LogP contribution in [0.2, 0.25) is 0 Å². The van der Waals surface area contributed by atoms with Crippen LogP contribution in [0.3, 0.4) is 0 Å². The molecule has 0 amide bonds. The number of hydrogen-bond acceptors (Lipinski definition) is 3. The number of carbonyl (C=O) groups is 1. The monoisotopic (exact) mass is 249 g/mol. The average molecular weight is 249 g/mol. The second-order valence-corrected chi connectivity index (χ2v) is 5.04. The van der Waals surface area contributed by atoms with E-state index in [4.69, 9.17) is 5.11 Å². The molecular weight excluding hydrogens is 230 g/mol. The van der Waals surface area contributed by atoms with Gasteiger partial charge in [0.25, 0.3) is 0 Å². The van der Waals surface area contributed by atoms with E-state index in [1.54, 1.807) is 24.3 Å². The van der Waals surface area contributed by atoms with Gasteiger partial charge in [0.15, 0.2) is 0 Å². The third kappa shape index (κ3) is 2.89. The minimum atomic E-state index is -0.954. The van der Waals surface area contributed by atoms with Crippen LogP contribution in [0.1, 0.15) is 34.9 Å². The SMILES string of the molecule is CN1CCCC(C(O)c2cccc(C(=O)O)c2)C1. The van der Waals surface area contributed by atoms with Crippen molar-refractivity contribution in [1.29, 1.82) is 0 Å². The van der Waals surface area contributed by atoms with E-state index in [-0.39, 0.29) is 11.5 Å². The molecule has 2 unspecified atom stereocenters. The number of aromatic carboxylic acids is 1. The lowest BCUT2D eigenvalue weighted by Crippen LogP contribution is -2.35. The number of benzene rings is 1. The molecular formula is C14H19NO3. The third-order valence-electron chi connectivity index (χ3n) is 3.58. The summed E-state index contributed by atoms with van der Waals surface area (Å²) in [7, 11) is 2.05. The number of carboxylic acids is 1. The van der Waals surface area contributed by atoms with Crippen LogP contribution in [0, 0.1) is 5.92 Å². The number of hydrogen-bond donors (Lipinski definition) is 2. The number of aliphatic hydroxyl groups is 1. The summed E-state index contributed by atoms with van der Waals surface area (Å²) in [6.45, 7) is 1.93. The van der Waals surface area contributed by atoms with Crippen molar-refractivity contribution in [2.24, 2.45) is 5.92 Å². The largest absolute Gasteiger partial charge is 0.478 e. The molecule has 0 spiro atoms. The van der Waals surface area contributed by atoms with Crippen molar-refractivity contribution in [3.63, 3.8) is 0 Å². The molecule has 0 aromatic heterocycles. The first-order valence-corrected chi connectivity index (χ1v) is 6.28. The molecule has 1 fully saturated rings. The lowest BCUT2D eigenvalue weighted by molar-refractivity contribution is 0.0589. The van der Waals surface area contributed by atoms with Crippen LogP contribution in [0.15, 0.2) is 24.3 Å². The van der Waals surface area contributed by atoms with E-state index in [0.29, 0.717) is 5.56 Å². The third-order valence-corrected chi connectivity index (χ3v) is 3.58. The van der Waals surface area contributed by atoms with Gasteiger partial charge in [0.2, 0.25) is 0 Å². The van der Waals surface area contributed by atoms with Crippen molar-refractivity contribution < 1.29 is 15.0 Å². The topological polar surface area (TPSA) is 60.8 Å². The van der Waals surface area contributed by atoms with Crippen LogP contribution in [0.4, 0.5) is 0 Å². The number of carboxylic acid groups (broad SMARTS) is 1. The van der Waals surface area contributed by atoms with Crippen LogP contribution in [-0.4, -0.2) is 41.2 Å². The number of aliphatic hydroxyl groups excluding tert-OH is 1. The van der Waals surface area contributed by atoms with E-state index < -0.39 is 12.1 Å². The molecule has 1 aliphatic rings. The van der Waals surface area contributed by atoms with Gasteiger partial charge in [-0.2, -0.15) is 0 Å². The standard InChI is InChI=1S/C14H19NO3/c1-15-7-3-6-12(9-15)13(16)10-4-2-5-11(8-10)14(17)18/h2,4-5,8,12-13,16H,3,6-7,9H2,1H3,(H,17,18). The first-order chi connectivity index (χ1) is 8.58. The Morgan fingerprint density at radius 3 is 2.94 bits per heavy atom. The van der Waals surface area contributed by atoms with Gasteiger partial charge in [-0.15, -0.1) is 0 Å². The average Bonchev–Trinajstić information content (AvgIpc) is 2.38. The summed E-state index contributed by atoms with van der Waals surface area (Å²) < 4.78 is 0. The molecule has 98 valence electrons. The molecule has 18 heavy (non-hydrogen) atoms. The summed E-state index contributed by atoms with van der Waals surface area (Å²) >= 11 is 0. The fraction of sp³-hybridized carbons (Fsp3) is 0.500. The highest BCUT2D eigenvalue weighted by molar-refractivity contribution is 5.87. The molecule has 1 saturated heterocycles. The molecule has 1 aliphatic heterocycles.